The van der Waals surface area contributed by atoms with Crippen LogP contribution in [-0.4, -0.2) is 72.3 Å². The molecule has 0 fully saturated rings. The van der Waals surface area contributed by atoms with E-state index in [1.54, 1.807) is 33.0 Å². The Morgan fingerprint density at radius 1 is 0.736 bits per heavy atom. The van der Waals surface area contributed by atoms with Crippen LogP contribution >= 0.6 is 0 Å². The Morgan fingerprint density at radius 2 is 1.32 bits per heavy atom. The lowest BCUT2D eigenvalue weighted by molar-refractivity contribution is -0.147. The van der Waals surface area contributed by atoms with Crippen molar-refractivity contribution in [1.29, 1.82) is 0 Å². The molecule has 0 aliphatic rings. The van der Waals surface area contributed by atoms with E-state index in [0.29, 0.717) is 24.0 Å². The van der Waals surface area contributed by atoms with E-state index in [4.69, 9.17) is 4.74 Å². The maximum Gasteiger partial charge on any atom is 0.333 e. The van der Waals surface area contributed by atoms with E-state index in [0.717, 1.165) is 17.7 Å². The number of nitrogens with zero attached hydrogens (tertiary/aromatic N) is 1. The van der Waals surface area contributed by atoms with Gasteiger partial charge in [-0.05, 0) is 69.5 Å². The first-order valence-electron chi connectivity index (χ1n) is 17.1. The number of hydrogen-bond acceptors (Lipinski definition) is 9. The number of hydrogen-bond donors (Lipinski definition) is 5. The van der Waals surface area contributed by atoms with Gasteiger partial charge in [-0.2, -0.15) is 0 Å². The van der Waals surface area contributed by atoms with Crippen molar-refractivity contribution in [1.82, 2.24) is 31.6 Å². The van der Waals surface area contributed by atoms with E-state index in [-0.39, 0.29) is 36.8 Å². The lowest BCUT2D eigenvalue weighted by atomic mass is 10.0. The molecule has 5 amide bonds. The lowest BCUT2D eigenvalue weighted by Crippen LogP contribution is -2.52. The number of esters is 1. The molecule has 15 heteroatoms. The zero-order valence-corrected chi connectivity index (χ0v) is 30.7. The minimum Gasteiger partial charge on any atom is -0.464 e. The molecular formula is C38H48F2N6O7. The number of aromatic nitrogens is 1. The summed E-state index contributed by atoms with van der Waals surface area (Å²) in [5.41, 5.74) is 1.42. The van der Waals surface area contributed by atoms with Crippen LogP contribution in [-0.2, 0) is 46.3 Å². The number of ether oxygens (including phenoxy) is 1. The predicted octanol–water partition coefficient (Wildman–Crippen LogP) is 2.84. The molecule has 5 N–H and O–H groups in total. The number of pyridine rings is 1. The Kier molecular flexibility index (Phi) is 18.4. The maximum atomic E-state index is 13.2. The SMILES string of the molecule is CCOC(=O)C(NC(=O)[C@H](C)NC(=O)Cc1cc(F)cc(F)c1)c1cccnc1.CN[C@@H](CC(C)C)C(=O)NC(=O)[C@H](C)NC(=O)Cc1ccccc1. The highest BCUT2D eigenvalue weighted by atomic mass is 19.1. The Morgan fingerprint density at radius 3 is 1.85 bits per heavy atom. The van der Waals surface area contributed by atoms with E-state index < -0.39 is 59.5 Å². The second kappa shape index (κ2) is 22.4. The summed E-state index contributed by atoms with van der Waals surface area (Å²) >= 11 is 0. The Bertz CT molecular complexity index is 1660. The number of halogens is 2. The van der Waals surface area contributed by atoms with Gasteiger partial charge < -0.3 is 26.0 Å². The van der Waals surface area contributed by atoms with E-state index >= 15 is 0 Å². The van der Waals surface area contributed by atoms with Gasteiger partial charge in [-0.1, -0.05) is 50.2 Å². The summed E-state index contributed by atoms with van der Waals surface area (Å²) in [5, 5.41) is 12.8. The number of imide groups is 1. The van der Waals surface area contributed by atoms with Crippen LogP contribution in [0, 0.1) is 17.6 Å². The van der Waals surface area contributed by atoms with Gasteiger partial charge >= 0.3 is 5.97 Å². The van der Waals surface area contributed by atoms with Gasteiger partial charge in [0, 0.05) is 24.0 Å². The molecule has 3 rings (SSSR count). The first-order chi connectivity index (χ1) is 25.1. The van der Waals surface area contributed by atoms with E-state index in [1.807, 2.05) is 44.2 Å². The van der Waals surface area contributed by atoms with Gasteiger partial charge in [0.1, 0.15) is 23.7 Å². The number of carbonyl (C=O) groups excluding carboxylic acids is 6. The first-order valence-corrected chi connectivity index (χ1v) is 17.1. The third-order valence-electron chi connectivity index (χ3n) is 7.48. The summed E-state index contributed by atoms with van der Waals surface area (Å²) in [6.45, 7) is 8.75. The van der Waals surface area contributed by atoms with Crippen molar-refractivity contribution in [3.63, 3.8) is 0 Å². The lowest BCUT2D eigenvalue weighted by Gasteiger charge is -2.20. The minimum atomic E-state index is -1.09. The van der Waals surface area contributed by atoms with Crippen molar-refractivity contribution < 1.29 is 42.3 Å². The molecule has 1 unspecified atom stereocenters. The number of nitrogens with one attached hydrogen (secondary N) is 5. The minimum absolute atomic E-state index is 0.127. The fraction of sp³-hybridized carbons (Fsp3) is 0.395. The highest BCUT2D eigenvalue weighted by Crippen LogP contribution is 2.14. The standard InChI is InChI=1S/C20H21F2N3O4.C18H27N3O3/c1-3-29-20(28)18(14-5-4-6-23-11-14)25-19(27)12(2)24-17(26)9-13-7-15(21)10-16(22)8-13;1-12(2)10-15(19-4)18(24)21-17(23)13(3)20-16(22)11-14-8-6-5-7-9-14/h4-8,10-12,18H,3,9H2,1-2H3,(H,24,26)(H,25,27);5-9,12-13,15,19H,10-11H2,1-4H3,(H,20,22)(H,21,23,24)/t12-,18?;13-,15-/m00/s1. The molecule has 286 valence electrons. The summed E-state index contributed by atoms with van der Waals surface area (Å²) < 4.78 is 31.4. The molecule has 4 atom stereocenters. The summed E-state index contributed by atoms with van der Waals surface area (Å²) in [4.78, 5) is 76.8. The molecule has 0 saturated heterocycles. The van der Waals surface area contributed by atoms with Crippen molar-refractivity contribution in [2.24, 2.45) is 5.92 Å². The quantitative estimate of drug-likeness (QED) is 0.138. The molecule has 2 aromatic carbocycles. The molecule has 0 aliphatic heterocycles. The average Bonchev–Trinajstić information content (AvgIpc) is 3.09. The largest absolute Gasteiger partial charge is 0.464 e. The van der Waals surface area contributed by atoms with Crippen LogP contribution in [0.15, 0.2) is 73.1 Å². The smallest absolute Gasteiger partial charge is 0.333 e. The zero-order chi connectivity index (χ0) is 39.5. The Balaban J connectivity index is 0.000000374. The monoisotopic (exact) mass is 738 g/mol. The number of amides is 5. The average molecular weight is 739 g/mol. The van der Waals surface area contributed by atoms with Crippen molar-refractivity contribution in [2.45, 2.75) is 78.0 Å². The third-order valence-corrected chi connectivity index (χ3v) is 7.48. The highest BCUT2D eigenvalue weighted by Gasteiger charge is 2.27. The fourth-order valence-corrected chi connectivity index (χ4v) is 4.86. The first kappa shape index (κ1) is 43.6. The molecule has 0 saturated carbocycles. The van der Waals surface area contributed by atoms with Crippen molar-refractivity contribution in [3.8, 4) is 0 Å². The van der Waals surface area contributed by atoms with E-state index in [2.05, 4.69) is 31.6 Å². The van der Waals surface area contributed by atoms with Gasteiger partial charge in [-0.25, -0.2) is 13.6 Å². The van der Waals surface area contributed by atoms with Crippen LogP contribution in [0.4, 0.5) is 8.78 Å². The van der Waals surface area contributed by atoms with E-state index in [9.17, 15) is 37.5 Å². The van der Waals surface area contributed by atoms with Crippen LogP contribution in [0.1, 0.15) is 63.8 Å². The maximum absolute atomic E-state index is 13.2. The molecule has 0 bridgehead atoms. The molecule has 1 aromatic heterocycles. The molecule has 53 heavy (non-hydrogen) atoms. The fourth-order valence-electron chi connectivity index (χ4n) is 4.86. The van der Waals surface area contributed by atoms with Crippen LogP contribution in [0.5, 0.6) is 0 Å². The molecule has 0 aliphatic carbocycles. The number of benzene rings is 2. The molecular weight excluding hydrogens is 690 g/mol. The van der Waals surface area contributed by atoms with Crippen LogP contribution in [0.3, 0.4) is 0 Å². The third kappa shape index (κ3) is 16.1. The molecule has 0 spiro atoms. The van der Waals surface area contributed by atoms with Gasteiger partial charge in [-0.3, -0.25) is 34.3 Å². The predicted molar refractivity (Wildman–Crippen MR) is 193 cm³/mol. The Labute approximate surface area is 308 Å². The van der Waals surface area contributed by atoms with Gasteiger partial charge in [0.05, 0.1) is 25.5 Å². The summed E-state index contributed by atoms with van der Waals surface area (Å²) in [7, 11) is 1.68. The van der Waals surface area contributed by atoms with Crippen LogP contribution in [0.2, 0.25) is 0 Å². The van der Waals surface area contributed by atoms with Crippen LogP contribution in [0.25, 0.3) is 0 Å². The normalized spacial score (nSPS) is 12.8. The molecule has 13 nitrogen and oxygen atoms in total. The number of likely N-dealkylation sites (N-methyl/N-ethyl adjacent to an activating group) is 1. The molecule has 3 aromatic rings. The van der Waals surface area contributed by atoms with Crippen molar-refractivity contribution in [2.75, 3.05) is 13.7 Å². The Hall–Kier alpha value is -5.57. The summed E-state index contributed by atoms with van der Waals surface area (Å²) in [6, 6.07) is 11.9. The van der Waals surface area contributed by atoms with Crippen molar-refractivity contribution >= 4 is 35.5 Å². The zero-order valence-electron chi connectivity index (χ0n) is 30.7. The van der Waals surface area contributed by atoms with Crippen LogP contribution < -0.4 is 26.6 Å². The van der Waals surface area contributed by atoms with Gasteiger partial charge in [-0.15, -0.1) is 0 Å². The van der Waals surface area contributed by atoms with Gasteiger partial charge in [0.2, 0.25) is 29.5 Å². The molecule has 0 radical (unpaired) electrons. The van der Waals surface area contributed by atoms with Gasteiger partial charge in [0.25, 0.3) is 0 Å². The summed E-state index contributed by atoms with van der Waals surface area (Å²) in [5.74, 6) is -4.32. The second-order valence-electron chi connectivity index (χ2n) is 12.5. The topological polar surface area (TPSA) is 185 Å². The van der Waals surface area contributed by atoms with Gasteiger partial charge in [0.15, 0.2) is 6.04 Å². The van der Waals surface area contributed by atoms with E-state index in [1.165, 1.54) is 19.3 Å². The molecule has 1 heterocycles. The van der Waals surface area contributed by atoms with Crippen molar-refractivity contribution in [3.05, 3.63) is 101 Å². The second-order valence-corrected chi connectivity index (χ2v) is 12.5. The summed E-state index contributed by atoms with van der Waals surface area (Å²) in [6.07, 6.45) is 3.45. The number of rotatable bonds is 16. The highest BCUT2D eigenvalue weighted by molar-refractivity contribution is 6.01. The number of carbonyl (C=O) groups is 6.